The minimum atomic E-state index is -0.229. The zero-order chi connectivity index (χ0) is 18.4. The van der Waals surface area contributed by atoms with Crippen LogP contribution in [-0.4, -0.2) is 31.4 Å². The third-order valence-corrected chi connectivity index (χ3v) is 5.10. The summed E-state index contributed by atoms with van der Waals surface area (Å²) in [6.45, 7) is 6.54. The van der Waals surface area contributed by atoms with Gasteiger partial charge in [-0.05, 0) is 48.7 Å². The van der Waals surface area contributed by atoms with Crippen molar-refractivity contribution < 1.29 is 14.5 Å². The molecule has 5 nitrogen and oxygen atoms in total. The number of nitrogens with one attached hydrogen (secondary N) is 3. The predicted octanol–water partition coefficient (Wildman–Crippen LogP) is 1.52. The number of hydrogen-bond donors (Lipinski definition) is 3. The Morgan fingerprint density at radius 2 is 1.88 bits per heavy atom. The van der Waals surface area contributed by atoms with Gasteiger partial charge in [0.2, 0.25) is 5.91 Å². The Morgan fingerprint density at radius 3 is 2.48 bits per heavy atom. The molecule has 0 aliphatic heterocycles. The van der Waals surface area contributed by atoms with Crippen LogP contribution in [0.15, 0.2) is 35.0 Å². The average Bonchev–Trinajstić information content (AvgIpc) is 3.08. The fraction of sp³-hybridized carbons (Fsp3) is 0.368. The number of anilines is 1. The number of quaternary nitrogens is 1. The standard InChI is InChI=1S/C19H25N3O2S/c1-13-6-5-7-14(2)18(13)21-17(23)10-20-19(24)15(3)22(4)11-16-8-9-25-12-16/h5-9,12,15H,10-11H2,1-4H3,(H,20,24)(H,21,23)/p+1/t15-/m0/s1. The molecule has 1 aromatic carbocycles. The maximum absolute atomic E-state index is 12.3. The second-order valence-electron chi connectivity index (χ2n) is 6.41. The highest BCUT2D eigenvalue weighted by Crippen LogP contribution is 2.18. The smallest absolute Gasteiger partial charge is 0.278 e. The van der Waals surface area contributed by atoms with E-state index in [9.17, 15) is 9.59 Å². The monoisotopic (exact) mass is 360 g/mol. The topological polar surface area (TPSA) is 62.6 Å². The molecule has 0 saturated heterocycles. The van der Waals surface area contributed by atoms with Crippen molar-refractivity contribution in [2.75, 3.05) is 18.9 Å². The van der Waals surface area contributed by atoms with Gasteiger partial charge in [0.05, 0.1) is 13.6 Å². The highest BCUT2D eigenvalue weighted by Gasteiger charge is 2.22. The third kappa shape index (κ3) is 5.41. The molecule has 25 heavy (non-hydrogen) atoms. The Labute approximate surface area is 153 Å². The van der Waals surface area contributed by atoms with Gasteiger partial charge in [-0.15, -0.1) is 0 Å². The summed E-state index contributed by atoms with van der Waals surface area (Å²) in [4.78, 5) is 25.5. The van der Waals surface area contributed by atoms with Crippen LogP contribution in [0.2, 0.25) is 0 Å². The molecule has 0 saturated carbocycles. The van der Waals surface area contributed by atoms with Gasteiger partial charge in [0, 0.05) is 11.3 Å². The van der Waals surface area contributed by atoms with E-state index in [4.69, 9.17) is 0 Å². The van der Waals surface area contributed by atoms with Gasteiger partial charge in [-0.3, -0.25) is 9.59 Å². The molecule has 0 radical (unpaired) electrons. The molecular formula is C19H26N3O2S+. The first-order chi connectivity index (χ1) is 11.9. The SMILES string of the molecule is Cc1cccc(C)c1NC(=O)CNC(=O)[C@H](C)[NH+](C)Cc1ccsc1. The van der Waals surface area contributed by atoms with E-state index in [1.807, 2.05) is 51.4 Å². The first kappa shape index (κ1) is 19.1. The zero-order valence-corrected chi connectivity index (χ0v) is 16.0. The summed E-state index contributed by atoms with van der Waals surface area (Å²) < 4.78 is 0. The predicted molar refractivity (Wildman–Crippen MR) is 102 cm³/mol. The average molecular weight is 361 g/mol. The van der Waals surface area contributed by atoms with Crippen molar-refractivity contribution in [3.63, 3.8) is 0 Å². The Hall–Kier alpha value is -2.18. The minimum absolute atomic E-state index is 0.0251. The van der Waals surface area contributed by atoms with Crippen LogP contribution in [-0.2, 0) is 16.1 Å². The molecular weight excluding hydrogens is 334 g/mol. The van der Waals surface area contributed by atoms with E-state index in [1.165, 1.54) is 5.56 Å². The maximum atomic E-state index is 12.3. The van der Waals surface area contributed by atoms with Crippen LogP contribution in [0.5, 0.6) is 0 Å². The van der Waals surface area contributed by atoms with Crippen molar-refractivity contribution in [1.82, 2.24) is 5.32 Å². The fourth-order valence-corrected chi connectivity index (χ4v) is 3.28. The summed E-state index contributed by atoms with van der Waals surface area (Å²) in [5, 5.41) is 9.73. The van der Waals surface area contributed by atoms with Gasteiger partial charge < -0.3 is 15.5 Å². The molecule has 0 fully saturated rings. The molecule has 1 aromatic heterocycles. The molecule has 0 bridgehead atoms. The van der Waals surface area contributed by atoms with E-state index >= 15 is 0 Å². The van der Waals surface area contributed by atoms with Gasteiger partial charge in [0.15, 0.2) is 6.04 Å². The molecule has 2 rings (SSSR count). The highest BCUT2D eigenvalue weighted by atomic mass is 32.1. The van der Waals surface area contributed by atoms with E-state index < -0.39 is 0 Å². The first-order valence-electron chi connectivity index (χ1n) is 8.35. The largest absolute Gasteiger partial charge is 0.342 e. The van der Waals surface area contributed by atoms with Gasteiger partial charge in [-0.25, -0.2) is 0 Å². The lowest BCUT2D eigenvalue weighted by Gasteiger charge is -2.20. The van der Waals surface area contributed by atoms with Crippen molar-refractivity contribution in [2.45, 2.75) is 33.4 Å². The number of rotatable bonds is 7. The number of thiophene rings is 1. The van der Waals surface area contributed by atoms with Crippen molar-refractivity contribution >= 4 is 28.8 Å². The number of benzene rings is 1. The lowest BCUT2D eigenvalue weighted by atomic mass is 10.1. The van der Waals surface area contributed by atoms with Crippen LogP contribution in [0.25, 0.3) is 0 Å². The number of para-hydroxylation sites is 1. The number of hydrogen-bond acceptors (Lipinski definition) is 3. The molecule has 1 unspecified atom stereocenters. The molecule has 3 N–H and O–H groups in total. The molecule has 0 aliphatic rings. The maximum Gasteiger partial charge on any atom is 0.278 e. The number of carbonyl (C=O) groups is 2. The normalized spacial score (nSPS) is 13.1. The van der Waals surface area contributed by atoms with E-state index in [0.29, 0.717) is 0 Å². The summed E-state index contributed by atoms with van der Waals surface area (Å²) in [6, 6.07) is 7.69. The number of likely N-dealkylation sites (N-methyl/N-ethyl adjacent to an activating group) is 1. The van der Waals surface area contributed by atoms with Crippen molar-refractivity contribution in [3.05, 3.63) is 51.7 Å². The van der Waals surface area contributed by atoms with Crippen LogP contribution in [0.4, 0.5) is 5.69 Å². The van der Waals surface area contributed by atoms with Crippen LogP contribution in [0.1, 0.15) is 23.6 Å². The molecule has 2 amide bonds. The van der Waals surface area contributed by atoms with E-state index in [-0.39, 0.29) is 24.4 Å². The van der Waals surface area contributed by atoms with Crippen molar-refractivity contribution in [2.24, 2.45) is 0 Å². The van der Waals surface area contributed by atoms with Crippen molar-refractivity contribution in [1.29, 1.82) is 0 Å². The molecule has 0 aliphatic carbocycles. The lowest BCUT2D eigenvalue weighted by Crippen LogP contribution is -3.12. The van der Waals surface area contributed by atoms with Gasteiger partial charge in [0.25, 0.3) is 5.91 Å². The second-order valence-corrected chi connectivity index (χ2v) is 7.19. The summed E-state index contributed by atoms with van der Waals surface area (Å²) in [5.74, 6) is -0.335. The fourth-order valence-electron chi connectivity index (χ4n) is 2.61. The minimum Gasteiger partial charge on any atom is -0.342 e. The quantitative estimate of drug-likeness (QED) is 0.701. The van der Waals surface area contributed by atoms with E-state index in [2.05, 4.69) is 22.1 Å². The Kier molecular flexibility index (Phi) is 6.73. The molecule has 1 heterocycles. The lowest BCUT2D eigenvalue weighted by molar-refractivity contribution is -0.908. The molecule has 6 heteroatoms. The van der Waals surface area contributed by atoms with Gasteiger partial charge in [0.1, 0.15) is 6.54 Å². The van der Waals surface area contributed by atoms with Gasteiger partial charge >= 0.3 is 0 Å². The van der Waals surface area contributed by atoms with E-state index in [1.54, 1.807) is 11.3 Å². The third-order valence-electron chi connectivity index (χ3n) is 4.36. The van der Waals surface area contributed by atoms with E-state index in [0.717, 1.165) is 28.3 Å². The van der Waals surface area contributed by atoms with Crippen LogP contribution in [0.3, 0.4) is 0 Å². The summed E-state index contributed by atoms with van der Waals surface area (Å²) in [5.41, 5.74) is 4.05. The molecule has 2 aromatic rings. The van der Waals surface area contributed by atoms with Crippen LogP contribution < -0.4 is 15.5 Å². The second kappa shape index (κ2) is 8.78. The summed E-state index contributed by atoms with van der Waals surface area (Å²) in [6.07, 6.45) is 0. The van der Waals surface area contributed by atoms with Crippen LogP contribution >= 0.6 is 11.3 Å². The number of aryl methyl sites for hydroxylation is 2. The molecule has 0 spiro atoms. The number of amides is 2. The Bertz CT molecular complexity index is 708. The Balaban J connectivity index is 1.83. The molecule has 134 valence electrons. The summed E-state index contributed by atoms with van der Waals surface area (Å²) in [7, 11) is 1.98. The zero-order valence-electron chi connectivity index (χ0n) is 15.2. The van der Waals surface area contributed by atoms with Crippen LogP contribution in [0, 0.1) is 13.8 Å². The first-order valence-corrected chi connectivity index (χ1v) is 9.30. The highest BCUT2D eigenvalue weighted by molar-refractivity contribution is 7.07. The van der Waals surface area contributed by atoms with Gasteiger partial charge in [-0.2, -0.15) is 11.3 Å². The summed E-state index contributed by atoms with van der Waals surface area (Å²) >= 11 is 1.65. The Morgan fingerprint density at radius 1 is 1.20 bits per heavy atom. The van der Waals surface area contributed by atoms with Gasteiger partial charge in [-0.1, -0.05) is 18.2 Å². The van der Waals surface area contributed by atoms with Crippen molar-refractivity contribution in [3.8, 4) is 0 Å². The molecule has 2 atom stereocenters. The number of carbonyl (C=O) groups excluding carboxylic acids is 2.